The molecular weight excluding hydrogens is 193 g/mol. The van der Waals surface area contributed by atoms with Crippen LogP contribution in [0.5, 0.6) is 0 Å². The number of halogens is 3. The van der Waals surface area contributed by atoms with E-state index in [9.17, 15) is 13.2 Å². The highest BCUT2D eigenvalue weighted by Crippen LogP contribution is 2.23. The topological polar surface area (TPSA) is 38.0 Å². The minimum atomic E-state index is -4.04. The lowest BCUT2D eigenvalue weighted by atomic mass is 10.0. The van der Waals surface area contributed by atoms with Crippen LogP contribution in [-0.2, 0) is 0 Å². The minimum Gasteiger partial charge on any atom is -0.271 e. The second kappa shape index (κ2) is 7.06. The summed E-state index contributed by atoms with van der Waals surface area (Å²) in [5, 5.41) is 0. The lowest BCUT2D eigenvalue weighted by Gasteiger charge is -2.15. The van der Waals surface area contributed by atoms with Gasteiger partial charge in [0, 0.05) is 12.5 Å². The fourth-order valence-electron chi connectivity index (χ4n) is 1.31. The van der Waals surface area contributed by atoms with E-state index in [0.29, 0.717) is 6.42 Å². The quantitative estimate of drug-likeness (QED) is 0.503. The van der Waals surface area contributed by atoms with Crippen molar-refractivity contribution >= 4 is 0 Å². The molecule has 0 rings (SSSR count). The molecule has 0 radical (unpaired) electrons. The summed E-state index contributed by atoms with van der Waals surface area (Å²) in [6.07, 6.45) is -1.21. The Bertz CT molecular complexity index is 137. The molecule has 0 aliphatic rings. The van der Waals surface area contributed by atoms with Crippen LogP contribution in [0.15, 0.2) is 0 Å². The van der Waals surface area contributed by atoms with E-state index >= 15 is 0 Å². The summed E-state index contributed by atoms with van der Waals surface area (Å²) in [6, 6.07) is 0.0253. The zero-order valence-electron chi connectivity index (χ0n) is 8.53. The van der Waals surface area contributed by atoms with Crippen molar-refractivity contribution in [3.05, 3.63) is 0 Å². The van der Waals surface area contributed by atoms with E-state index in [1.165, 1.54) is 0 Å². The summed E-state index contributed by atoms with van der Waals surface area (Å²) in [5.74, 6) is 5.23. The van der Waals surface area contributed by atoms with Gasteiger partial charge >= 0.3 is 6.18 Å². The number of hydrogen-bond acceptors (Lipinski definition) is 2. The standard InChI is InChI=1S/C9H19F3N2/c1-2-3-5-8(14-13)6-4-7-9(10,11)12/h8,14H,2-7,13H2,1H3. The van der Waals surface area contributed by atoms with E-state index in [2.05, 4.69) is 5.43 Å². The predicted octanol–water partition coefficient (Wildman–Crippen LogP) is 2.74. The molecular formula is C9H19F3N2. The smallest absolute Gasteiger partial charge is 0.271 e. The summed E-state index contributed by atoms with van der Waals surface area (Å²) in [5.41, 5.74) is 2.56. The molecule has 14 heavy (non-hydrogen) atoms. The van der Waals surface area contributed by atoms with Gasteiger partial charge in [-0.3, -0.25) is 11.3 Å². The highest BCUT2D eigenvalue weighted by molar-refractivity contribution is 4.64. The van der Waals surface area contributed by atoms with Gasteiger partial charge in [-0.15, -0.1) is 0 Å². The van der Waals surface area contributed by atoms with Gasteiger partial charge in [0.2, 0.25) is 0 Å². The van der Waals surface area contributed by atoms with Crippen LogP contribution in [-0.4, -0.2) is 12.2 Å². The van der Waals surface area contributed by atoms with Crippen molar-refractivity contribution in [1.82, 2.24) is 5.43 Å². The molecule has 0 amide bonds. The Kier molecular flexibility index (Phi) is 6.92. The van der Waals surface area contributed by atoms with Crippen molar-refractivity contribution < 1.29 is 13.2 Å². The molecule has 0 aromatic rings. The molecule has 3 N–H and O–H groups in total. The normalized spacial score (nSPS) is 14.4. The Balaban J connectivity index is 3.52. The van der Waals surface area contributed by atoms with Crippen LogP contribution in [0.1, 0.15) is 45.4 Å². The molecule has 2 nitrogen and oxygen atoms in total. The number of unbranched alkanes of at least 4 members (excludes halogenated alkanes) is 1. The number of nitrogens with two attached hydrogens (primary N) is 1. The fraction of sp³-hybridized carbons (Fsp3) is 1.00. The molecule has 0 heterocycles. The number of nitrogens with one attached hydrogen (secondary N) is 1. The van der Waals surface area contributed by atoms with Crippen molar-refractivity contribution in [2.24, 2.45) is 5.84 Å². The maximum Gasteiger partial charge on any atom is 0.389 e. The van der Waals surface area contributed by atoms with Crippen molar-refractivity contribution in [1.29, 1.82) is 0 Å². The third-order valence-corrected chi connectivity index (χ3v) is 2.15. The molecule has 1 unspecified atom stereocenters. The second-order valence-corrected chi connectivity index (χ2v) is 3.51. The molecule has 0 saturated heterocycles. The van der Waals surface area contributed by atoms with Crippen LogP contribution in [0.3, 0.4) is 0 Å². The van der Waals surface area contributed by atoms with E-state index in [0.717, 1.165) is 19.3 Å². The Hall–Kier alpha value is -0.290. The summed E-state index contributed by atoms with van der Waals surface area (Å²) in [7, 11) is 0. The van der Waals surface area contributed by atoms with E-state index in [1.807, 2.05) is 6.92 Å². The van der Waals surface area contributed by atoms with Gasteiger partial charge in [0.25, 0.3) is 0 Å². The number of alkyl halides is 3. The predicted molar refractivity (Wildman–Crippen MR) is 50.5 cm³/mol. The van der Waals surface area contributed by atoms with E-state index in [-0.39, 0.29) is 12.5 Å². The van der Waals surface area contributed by atoms with Crippen molar-refractivity contribution in [2.45, 2.75) is 57.7 Å². The molecule has 5 heteroatoms. The third kappa shape index (κ3) is 8.31. The summed E-state index contributed by atoms with van der Waals surface area (Å²) >= 11 is 0. The third-order valence-electron chi connectivity index (χ3n) is 2.15. The van der Waals surface area contributed by atoms with Crippen molar-refractivity contribution in [2.75, 3.05) is 0 Å². The lowest BCUT2D eigenvalue weighted by molar-refractivity contribution is -0.135. The van der Waals surface area contributed by atoms with Crippen LogP contribution in [0.4, 0.5) is 13.2 Å². The summed E-state index contributed by atoms with van der Waals surface area (Å²) in [4.78, 5) is 0. The van der Waals surface area contributed by atoms with Crippen LogP contribution in [0.2, 0.25) is 0 Å². The minimum absolute atomic E-state index is 0.0253. The van der Waals surface area contributed by atoms with Gasteiger partial charge in [-0.2, -0.15) is 13.2 Å². The van der Waals surface area contributed by atoms with Gasteiger partial charge in [-0.25, -0.2) is 0 Å². The Morgan fingerprint density at radius 2 is 1.79 bits per heavy atom. The second-order valence-electron chi connectivity index (χ2n) is 3.51. The Morgan fingerprint density at radius 1 is 1.21 bits per heavy atom. The molecule has 1 atom stereocenters. The van der Waals surface area contributed by atoms with Crippen LogP contribution < -0.4 is 11.3 Å². The number of hydrogen-bond donors (Lipinski definition) is 2. The molecule has 0 fully saturated rings. The molecule has 0 aromatic heterocycles. The molecule has 0 spiro atoms. The largest absolute Gasteiger partial charge is 0.389 e. The van der Waals surface area contributed by atoms with Gasteiger partial charge in [-0.05, 0) is 19.3 Å². The van der Waals surface area contributed by atoms with Crippen LogP contribution in [0.25, 0.3) is 0 Å². The highest BCUT2D eigenvalue weighted by Gasteiger charge is 2.26. The fourth-order valence-corrected chi connectivity index (χ4v) is 1.31. The van der Waals surface area contributed by atoms with Gasteiger partial charge in [0.15, 0.2) is 0 Å². The van der Waals surface area contributed by atoms with Crippen LogP contribution in [0, 0.1) is 0 Å². The highest BCUT2D eigenvalue weighted by atomic mass is 19.4. The molecule has 0 aliphatic heterocycles. The lowest BCUT2D eigenvalue weighted by Crippen LogP contribution is -2.35. The van der Waals surface area contributed by atoms with Crippen LogP contribution >= 0.6 is 0 Å². The van der Waals surface area contributed by atoms with Crippen molar-refractivity contribution in [3.8, 4) is 0 Å². The number of rotatable bonds is 7. The zero-order valence-corrected chi connectivity index (χ0v) is 8.53. The summed E-state index contributed by atoms with van der Waals surface area (Å²) < 4.78 is 35.4. The molecule has 0 aromatic carbocycles. The molecule has 0 aliphatic carbocycles. The SMILES string of the molecule is CCCCC(CCCC(F)(F)F)NN. The van der Waals surface area contributed by atoms with Gasteiger partial charge < -0.3 is 0 Å². The number of hydrazine groups is 1. The average Bonchev–Trinajstić information content (AvgIpc) is 2.09. The summed E-state index contributed by atoms with van der Waals surface area (Å²) in [6.45, 7) is 2.04. The molecule has 0 saturated carbocycles. The monoisotopic (exact) mass is 212 g/mol. The van der Waals surface area contributed by atoms with Crippen molar-refractivity contribution in [3.63, 3.8) is 0 Å². The Morgan fingerprint density at radius 3 is 2.21 bits per heavy atom. The van der Waals surface area contributed by atoms with Gasteiger partial charge in [0.1, 0.15) is 0 Å². The zero-order chi connectivity index (χ0) is 11.0. The van der Waals surface area contributed by atoms with Gasteiger partial charge in [0.05, 0.1) is 0 Å². The molecule has 86 valence electrons. The van der Waals surface area contributed by atoms with Gasteiger partial charge in [-0.1, -0.05) is 19.8 Å². The van der Waals surface area contributed by atoms with E-state index in [4.69, 9.17) is 5.84 Å². The maximum absolute atomic E-state index is 11.8. The first-order valence-electron chi connectivity index (χ1n) is 5.02. The average molecular weight is 212 g/mol. The van der Waals surface area contributed by atoms with E-state index < -0.39 is 12.6 Å². The first-order chi connectivity index (χ1) is 6.49. The maximum atomic E-state index is 11.8. The molecule has 0 bridgehead atoms. The van der Waals surface area contributed by atoms with E-state index in [1.54, 1.807) is 0 Å². The first kappa shape index (κ1) is 13.7. The first-order valence-corrected chi connectivity index (χ1v) is 5.02. The Labute approximate surface area is 83.0 Å².